The minimum absolute atomic E-state index is 0.183. The predicted molar refractivity (Wildman–Crippen MR) is 74.9 cm³/mol. The van der Waals surface area contributed by atoms with Crippen LogP contribution in [0.2, 0.25) is 0 Å². The first kappa shape index (κ1) is 16.0. The highest BCUT2D eigenvalue weighted by atomic mass is 16.4. The van der Waals surface area contributed by atoms with E-state index in [1.54, 1.807) is 0 Å². The van der Waals surface area contributed by atoms with E-state index < -0.39 is 5.97 Å². The van der Waals surface area contributed by atoms with E-state index in [9.17, 15) is 9.59 Å². The van der Waals surface area contributed by atoms with Crippen LogP contribution in [-0.2, 0) is 9.59 Å². The van der Waals surface area contributed by atoms with Gasteiger partial charge in [0.25, 0.3) is 0 Å². The van der Waals surface area contributed by atoms with Crippen molar-refractivity contribution < 1.29 is 14.7 Å². The van der Waals surface area contributed by atoms with Crippen molar-refractivity contribution in [3.8, 4) is 0 Å². The summed E-state index contributed by atoms with van der Waals surface area (Å²) in [5.74, 6) is -0.553. The average Bonchev–Trinajstić information content (AvgIpc) is 2.59. The zero-order chi connectivity index (χ0) is 14.1. The van der Waals surface area contributed by atoms with Crippen LogP contribution >= 0.6 is 0 Å². The zero-order valence-corrected chi connectivity index (χ0v) is 12.0. The van der Waals surface area contributed by atoms with Crippen LogP contribution in [0.4, 0.5) is 0 Å². The molecule has 1 saturated carbocycles. The second-order valence-electron chi connectivity index (χ2n) is 5.94. The largest absolute Gasteiger partial charge is 0.481 e. The van der Waals surface area contributed by atoms with Crippen LogP contribution in [0, 0.1) is 5.41 Å². The lowest BCUT2D eigenvalue weighted by atomic mass is 9.81. The smallest absolute Gasteiger partial charge is 0.303 e. The minimum atomic E-state index is -0.741. The number of nitrogens with one attached hydrogen (secondary N) is 1. The van der Waals surface area contributed by atoms with Crippen LogP contribution in [0.5, 0.6) is 0 Å². The molecule has 4 heteroatoms. The summed E-state index contributed by atoms with van der Waals surface area (Å²) in [6, 6.07) is 0. The van der Waals surface area contributed by atoms with Gasteiger partial charge in [0.2, 0.25) is 5.91 Å². The molecule has 19 heavy (non-hydrogen) atoms. The molecule has 0 unspecified atom stereocenters. The maximum absolute atomic E-state index is 12.2. The van der Waals surface area contributed by atoms with E-state index >= 15 is 0 Å². The van der Waals surface area contributed by atoms with Gasteiger partial charge < -0.3 is 10.4 Å². The summed E-state index contributed by atoms with van der Waals surface area (Å²) < 4.78 is 0. The van der Waals surface area contributed by atoms with E-state index in [0.717, 1.165) is 38.5 Å². The van der Waals surface area contributed by atoms with Crippen molar-refractivity contribution in [1.29, 1.82) is 0 Å². The molecule has 1 rings (SSSR count). The number of carbonyl (C=O) groups excluding carboxylic acids is 1. The Morgan fingerprint density at radius 3 is 2.26 bits per heavy atom. The highest BCUT2D eigenvalue weighted by Crippen LogP contribution is 2.34. The molecule has 1 aliphatic carbocycles. The van der Waals surface area contributed by atoms with Crippen molar-refractivity contribution in [3.63, 3.8) is 0 Å². The van der Waals surface area contributed by atoms with Gasteiger partial charge in [0, 0.05) is 18.4 Å². The van der Waals surface area contributed by atoms with E-state index in [2.05, 4.69) is 12.2 Å². The predicted octanol–water partition coefficient (Wildman–Crippen LogP) is 3.11. The van der Waals surface area contributed by atoms with Crippen molar-refractivity contribution in [2.24, 2.45) is 5.41 Å². The van der Waals surface area contributed by atoms with E-state index in [1.165, 1.54) is 12.8 Å². The number of aliphatic carboxylic acids is 1. The van der Waals surface area contributed by atoms with Gasteiger partial charge in [-0.2, -0.15) is 0 Å². The molecule has 1 fully saturated rings. The Hall–Kier alpha value is -1.06. The van der Waals surface area contributed by atoms with Gasteiger partial charge in [0.15, 0.2) is 0 Å². The normalized spacial score (nSPS) is 18.6. The molecule has 0 aromatic heterocycles. The van der Waals surface area contributed by atoms with Crippen LogP contribution in [0.15, 0.2) is 0 Å². The fourth-order valence-corrected chi connectivity index (χ4v) is 2.73. The molecule has 0 bridgehead atoms. The summed E-state index contributed by atoms with van der Waals surface area (Å²) >= 11 is 0. The van der Waals surface area contributed by atoms with Crippen LogP contribution in [0.3, 0.4) is 0 Å². The van der Waals surface area contributed by atoms with Crippen LogP contribution in [0.1, 0.15) is 71.1 Å². The van der Waals surface area contributed by atoms with E-state index in [0.29, 0.717) is 13.0 Å². The summed E-state index contributed by atoms with van der Waals surface area (Å²) in [4.78, 5) is 22.6. The summed E-state index contributed by atoms with van der Waals surface area (Å²) in [5.41, 5.74) is -0.183. The molecule has 0 spiro atoms. The Kier molecular flexibility index (Phi) is 6.89. The Morgan fingerprint density at radius 1 is 1.05 bits per heavy atom. The van der Waals surface area contributed by atoms with Crippen LogP contribution < -0.4 is 5.32 Å². The molecule has 1 amide bonds. The second kappa shape index (κ2) is 8.18. The highest BCUT2D eigenvalue weighted by molar-refractivity contribution is 5.82. The first-order chi connectivity index (χ1) is 9.04. The maximum atomic E-state index is 12.2. The van der Waals surface area contributed by atoms with E-state index in [-0.39, 0.29) is 17.7 Å². The standard InChI is InChI=1S/C15H27NO3/c1-15(10-6-2-3-7-11-15)14(19)16-12-8-4-5-9-13(17)18/h2-12H2,1H3,(H,16,19)(H,17,18). The summed E-state index contributed by atoms with van der Waals surface area (Å²) in [6.07, 6.45) is 9.46. The fraction of sp³-hybridized carbons (Fsp3) is 0.867. The van der Waals surface area contributed by atoms with Gasteiger partial charge >= 0.3 is 5.97 Å². The van der Waals surface area contributed by atoms with Crippen LogP contribution in [0.25, 0.3) is 0 Å². The summed E-state index contributed by atoms with van der Waals surface area (Å²) in [5, 5.41) is 11.5. The molecule has 0 radical (unpaired) electrons. The second-order valence-corrected chi connectivity index (χ2v) is 5.94. The van der Waals surface area contributed by atoms with Crippen molar-refractivity contribution in [2.45, 2.75) is 71.1 Å². The lowest BCUT2D eigenvalue weighted by Crippen LogP contribution is -2.39. The number of hydrogen-bond donors (Lipinski definition) is 2. The molecular weight excluding hydrogens is 242 g/mol. The van der Waals surface area contributed by atoms with E-state index in [4.69, 9.17) is 5.11 Å². The van der Waals surface area contributed by atoms with Crippen molar-refractivity contribution >= 4 is 11.9 Å². The third-order valence-electron chi connectivity index (χ3n) is 4.11. The lowest BCUT2D eigenvalue weighted by molar-refractivity contribution is -0.137. The molecule has 0 aromatic carbocycles. The number of carboxylic acids is 1. The quantitative estimate of drug-likeness (QED) is 0.551. The Balaban J connectivity index is 2.17. The Labute approximate surface area is 116 Å². The fourth-order valence-electron chi connectivity index (χ4n) is 2.73. The third kappa shape index (κ3) is 6.08. The number of amides is 1. The van der Waals surface area contributed by atoms with Gasteiger partial charge in [-0.15, -0.1) is 0 Å². The number of unbranched alkanes of at least 4 members (excludes halogenated alkanes) is 2. The zero-order valence-electron chi connectivity index (χ0n) is 12.0. The number of carboxylic acid groups (broad SMARTS) is 1. The molecular formula is C15H27NO3. The number of hydrogen-bond acceptors (Lipinski definition) is 2. The molecule has 2 N–H and O–H groups in total. The highest BCUT2D eigenvalue weighted by Gasteiger charge is 2.32. The minimum Gasteiger partial charge on any atom is -0.481 e. The van der Waals surface area contributed by atoms with Crippen molar-refractivity contribution in [1.82, 2.24) is 5.32 Å². The molecule has 0 saturated heterocycles. The van der Waals surface area contributed by atoms with Crippen molar-refractivity contribution in [2.75, 3.05) is 6.54 Å². The number of rotatable bonds is 7. The summed E-state index contributed by atoms with van der Waals surface area (Å²) in [6.45, 7) is 2.76. The van der Waals surface area contributed by atoms with Gasteiger partial charge in [-0.05, 0) is 25.7 Å². The molecule has 1 aliphatic rings. The molecule has 0 atom stereocenters. The first-order valence-corrected chi connectivity index (χ1v) is 7.55. The van der Waals surface area contributed by atoms with Gasteiger partial charge in [0.05, 0.1) is 0 Å². The van der Waals surface area contributed by atoms with Gasteiger partial charge in [-0.3, -0.25) is 9.59 Å². The topological polar surface area (TPSA) is 66.4 Å². The van der Waals surface area contributed by atoms with Gasteiger partial charge in [-0.25, -0.2) is 0 Å². The molecule has 0 aromatic rings. The Bertz CT molecular complexity index is 294. The first-order valence-electron chi connectivity index (χ1n) is 7.55. The number of carbonyl (C=O) groups is 2. The van der Waals surface area contributed by atoms with Gasteiger partial charge in [-0.1, -0.05) is 39.0 Å². The molecule has 0 heterocycles. The molecule has 110 valence electrons. The average molecular weight is 269 g/mol. The van der Waals surface area contributed by atoms with E-state index in [1.807, 2.05) is 0 Å². The van der Waals surface area contributed by atoms with Gasteiger partial charge in [0.1, 0.15) is 0 Å². The SMILES string of the molecule is CC1(C(=O)NCCCCCC(=O)O)CCCCCC1. The molecule has 0 aliphatic heterocycles. The molecule has 4 nitrogen and oxygen atoms in total. The van der Waals surface area contributed by atoms with Crippen molar-refractivity contribution in [3.05, 3.63) is 0 Å². The third-order valence-corrected chi connectivity index (χ3v) is 4.11. The monoisotopic (exact) mass is 269 g/mol. The lowest BCUT2D eigenvalue weighted by Gasteiger charge is -2.26. The van der Waals surface area contributed by atoms with Crippen LogP contribution in [-0.4, -0.2) is 23.5 Å². The Morgan fingerprint density at radius 2 is 1.68 bits per heavy atom. The maximum Gasteiger partial charge on any atom is 0.303 e. The summed E-state index contributed by atoms with van der Waals surface area (Å²) in [7, 11) is 0.